The molecule has 0 aromatic carbocycles. The highest BCUT2D eigenvalue weighted by Gasteiger charge is 2.49. The zero-order valence-electron chi connectivity index (χ0n) is 10.1. The molecule has 1 aliphatic heterocycles. The molecule has 0 spiro atoms. The first-order chi connectivity index (χ1) is 7.83. The lowest BCUT2D eigenvalue weighted by molar-refractivity contribution is -0.145. The van der Waals surface area contributed by atoms with E-state index in [9.17, 15) is 14.4 Å². The van der Waals surface area contributed by atoms with Gasteiger partial charge in [-0.05, 0) is 19.3 Å². The molecule has 0 radical (unpaired) electrons. The van der Waals surface area contributed by atoms with Gasteiger partial charge in [0, 0.05) is 12.5 Å². The van der Waals surface area contributed by atoms with Gasteiger partial charge in [-0.3, -0.25) is 19.3 Å². The van der Waals surface area contributed by atoms with Gasteiger partial charge in [-0.25, -0.2) is 0 Å². The summed E-state index contributed by atoms with van der Waals surface area (Å²) in [6.07, 6.45) is 1.81. The third-order valence-electron chi connectivity index (χ3n) is 3.78. The van der Waals surface area contributed by atoms with Crippen molar-refractivity contribution in [3.05, 3.63) is 0 Å². The second-order valence-electron chi connectivity index (χ2n) is 5.63. The SMILES string of the molecule is CC1(C)CC(=O)N(C2CCC(C(=O)O)C2)C1=O. The second-order valence-corrected chi connectivity index (χ2v) is 5.63. The third-order valence-corrected chi connectivity index (χ3v) is 3.78. The van der Waals surface area contributed by atoms with Gasteiger partial charge in [-0.2, -0.15) is 0 Å². The number of rotatable bonds is 2. The topological polar surface area (TPSA) is 74.7 Å². The van der Waals surface area contributed by atoms with Crippen molar-refractivity contribution in [2.24, 2.45) is 11.3 Å². The normalized spacial score (nSPS) is 32.2. The van der Waals surface area contributed by atoms with E-state index >= 15 is 0 Å². The van der Waals surface area contributed by atoms with E-state index in [1.807, 2.05) is 0 Å². The van der Waals surface area contributed by atoms with Crippen molar-refractivity contribution < 1.29 is 19.5 Å². The lowest BCUT2D eigenvalue weighted by Gasteiger charge is -2.24. The number of carbonyl (C=O) groups is 3. The van der Waals surface area contributed by atoms with Crippen LogP contribution in [0.15, 0.2) is 0 Å². The van der Waals surface area contributed by atoms with E-state index in [2.05, 4.69) is 0 Å². The quantitative estimate of drug-likeness (QED) is 0.730. The summed E-state index contributed by atoms with van der Waals surface area (Å²) in [4.78, 5) is 36.1. The van der Waals surface area contributed by atoms with Crippen LogP contribution in [0.25, 0.3) is 0 Å². The maximum Gasteiger partial charge on any atom is 0.306 e. The highest BCUT2D eigenvalue weighted by atomic mass is 16.4. The molecule has 1 heterocycles. The average Bonchev–Trinajstić information content (AvgIpc) is 2.72. The molecule has 5 nitrogen and oxygen atoms in total. The highest BCUT2D eigenvalue weighted by molar-refractivity contribution is 6.05. The van der Waals surface area contributed by atoms with Crippen LogP contribution >= 0.6 is 0 Å². The number of carbonyl (C=O) groups excluding carboxylic acids is 2. The van der Waals surface area contributed by atoms with Gasteiger partial charge in [0.25, 0.3) is 0 Å². The van der Waals surface area contributed by atoms with Crippen molar-refractivity contribution in [2.45, 2.75) is 45.6 Å². The standard InChI is InChI=1S/C12H17NO4/c1-12(2)6-9(14)13(11(12)17)8-4-3-7(5-8)10(15)16/h7-8H,3-6H2,1-2H3,(H,15,16). The molecule has 1 saturated heterocycles. The molecule has 0 bridgehead atoms. The van der Waals surface area contributed by atoms with Crippen molar-refractivity contribution in [1.82, 2.24) is 4.90 Å². The van der Waals surface area contributed by atoms with Crippen LogP contribution in [0, 0.1) is 11.3 Å². The van der Waals surface area contributed by atoms with E-state index < -0.39 is 17.3 Å². The van der Waals surface area contributed by atoms with Crippen LogP contribution in [-0.4, -0.2) is 33.8 Å². The molecule has 2 amide bonds. The van der Waals surface area contributed by atoms with Gasteiger partial charge in [0.1, 0.15) is 0 Å². The second kappa shape index (κ2) is 3.82. The van der Waals surface area contributed by atoms with Crippen LogP contribution in [0.1, 0.15) is 39.5 Å². The Morgan fingerprint density at radius 2 is 2.00 bits per heavy atom. The minimum Gasteiger partial charge on any atom is -0.481 e. The minimum absolute atomic E-state index is 0.154. The molecule has 1 N–H and O–H groups in total. The average molecular weight is 239 g/mol. The van der Waals surface area contributed by atoms with Gasteiger partial charge in [0.15, 0.2) is 0 Å². The lowest BCUT2D eigenvalue weighted by Crippen LogP contribution is -2.40. The fourth-order valence-corrected chi connectivity index (χ4v) is 2.76. The van der Waals surface area contributed by atoms with E-state index in [0.29, 0.717) is 19.3 Å². The third kappa shape index (κ3) is 1.94. The van der Waals surface area contributed by atoms with Crippen molar-refractivity contribution in [3.8, 4) is 0 Å². The van der Waals surface area contributed by atoms with Crippen LogP contribution in [0.5, 0.6) is 0 Å². The summed E-state index contributed by atoms with van der Waals surface area (Å²) in [6.45, 7) is 3.52. The fraction of sp³-hybridized carbons (Fsp3) is 0.750. The monoisotopic (exact) mass is 239 g/mol. The number of amides is 2. The van der Waals surface area contributed by atoms with Gasteiger partial charge >= 0.3 is 5.97 Å². The molecule has 0 aromatic rings. The van der Waals surface area contributed by atoms with E-state index in [0.717, 1.165) is 0 Å². The Bertz CT molecular complexity index is 388. The molecule has 2 aliphatic rings. The lowest BCUT2D eigenvalue weighted by atomic mass is 9.92. The number of nitrogens with zero attached hydrogens (tertiary/aromatic N) is 1. The Balaban J connectivity index is 2.12. The number of carboxylic acid groups (broad SMARTS) is 1. The fourth-order valence-electron chi connectivity index (χ4n) is 2.76. The number of carboxylic acids is 1. The van der Waals surface area contributed by atoms with Gasteiger partial charge in [0.2, 0.25) is 11.8 Å². The van der Waals surface area contributed by atoms with Crippen molar-refractivity contribution in [2.75, 3.05) is 0 Å². The highest BCUT2D eigenvalue weighted by Crippen LogP contribution is 2.38. The van der Waals surface area contributed by atoms with Crippen LogP contribution in [0.4, 0.5) is 0 Å². The van der Waals surface area contributed by atoms with E-state index in [1.54, 1.807) is 13.8 Å². The summed E-state index contributed by atoms with van der Waals surface area (Å²) in [5.74, 6) is -1.55. The van der Waals surface area contributed by atoms with Crippen molar-refractivity contribution in [3.63, 3.8) is 0 Å². The first-order valence-corrected chi connectivity index (χ1v) is 5.92. The Hall–Kier alpha value is -1.39. The summed E-state index contributed by atoms with van der Waals surface area (Å²) in [6, 6.07) is -0.210. The Labute approximate surface area is 99.8 Å². The molecule has 1 saturated carbocycles. The summed E-state index contributed by atoms with van der Waals surface area (Å²) < 4.78 is 0. The predicted molar refractivity (Wildman–Crippen MR) is 59.0 cm³/mol. The van der Waals surface area contributed by atoms with Crippen LogP contribution in [0.2, 0.25) is 0 Å². The number of aliphatic carboxylic acids is 1. The zero-order valence-corrected chi connectivity index (χ0v) is 10.1. The molecular weight excluding hydrogens is 222 g/mol. The molecular formula is C12H17NO4. The minimum atomic E-state index is -0.828. The Morgan fingerprint density at radius 1 is 1.35 bits per heavy atom. The van der Waals surface area contributed by atoms with E-state index in [-0.39, 0.29) is 24.3 Å². The summed E-state index contributed by atoms with van der Waals surface area (Å²) >= 11 is 0. The molecule has 17 heavy (non-hydrogen) atoms. The van der Waals surface area contributed by atoms with Gasteiger partial charge in [-0.1, -0.05) is 13.8 Å². The molecule has 1 aliphatic carbocycles. The van der Waals surface area contributed by atoms with Gasteiger partial charge in [-0.15, -0.1) is 0 Å². The van der Waals surface area contributed by atoms with Crippen LogP contribution in [-0.2, 0) is 14.4 Å². The summed E-state index contributed by atoms with van der Waals surface area (Å²) in [7, 11) is 0. The number of imide groups is 1. The number of hydrogen-bond donors (Lipinski definition) is 1. The number of hydrogen-bond acceptors (Lipinski definition) is 3. The van der Waals surface area contributed by atoms with Crippen LogP contribution in [0.3, 0.4) is 0 Å². The van der Waals surface area contributed by atoms with Gasteiger partial charge < -0.3 is 5.11 Å². The molecule has 2 atom stereocenters. The summed E-state index contributed by atoms with van der Waals surface area (Å²) in [5, 5.41) is 8.92. The van der Waals surface area contributed by atoms with Gasteiger partial charge in [0.05, 0.1) is 11.3 Å². The smallest absolute Gasteiger partial charge is 0.306 e. The van der Waals surface area contributed by atoms with Crippen molar-refractivity contribution >= 4 is 17.8 Å². The number of likely N-dealkylation sites (tertiary alicyclic amines) is 1. The first-order valence-electron chi connectivity index (χ1n) is 5.92. The molecule has 2 rings (SSSR count). The van der Waals surface area contributed by atoms with Crippen molar-refractivity contribution in [1.29, 1.82) is 0 Å². The first kappa shape index (κ1) is 12.1. The molecule has 5 heteroatoms. The summed E-state index contributed by atoms with van der Waals surface area (Å²) in [5.41, 5.74) is -0.627. The molecule has 0 aromatic heterocycles. The van der Waals surface area contributed by atoms with Crippen LogP contribution < -0.4 is 0 Å². The zero-order chi connectivity index (χ0) is 12.8. The molecule has 94 valence electrons. The maximum absolute atomic E-state index is 12.1. The predicted octanol–water partition coefficient (Wildman–Crippen LogP) is 1.02. The van der Waals surface area contributed by atoms with E-state index in [1.165, 1.54) is 4.90 Å². The maximum atomic E-state index is 12.1. The largest absolute Gasteiger partial charge is 0.481 e. The Kier molecular flexibility index (Phi) is 2.72. The molecule has 2 unspecified atom stereocenters. The van der Waals surface area contributed by atoms with E-state index in [4.69, 9.17) is 5.11 Å². The Morgan fingerprint density at radius 3 is 2.41 bits per heavy atom. The molecule has 2 fully saturated rings.